The fourth-order valence-electron chi connectivity index (χ4n) is 1.62. The number of hydrogen-bond acceptors (Lipinski definition) is 0. The quantitative estimate of drug-likeness (QED) is 0.527. The Labute approximate surface area is 73.4 Å². The van der Waals surface area contributed by atoms with Crippen molar-refractivity contribution in [2.45, 2.75) is 60.8 Å². The molecule has 0 aliphatic heterocycles. The first-order chi connectivity index (χ1) is 4.80. The van der Waals surface area contributed by atoms with E-state index in [1.807, 2.05) is 13.8 Å². The molecule has 0 N–H and O–H groups in total. The molecule has 0 amide bonds. The van der Waals surface area contributed by atoms with E-state index in [-0.39, 0.29) is 7.43 Å². The molecule has 70 valence electrons. The van der Waals surface area contributed by atoms with E-state index in [2.05, 4.69) is 13.8 Å². The van der Waals surface area contributed by atoms with Gasteiger partial charge in [-0.05, 0) is 11.8 Å². The lowest BCUT2D eigenvalue weighted by molar-refractivity contribution is 0.396. The molecule has 1 aliphatic rings. The smallest absolute Gasteiger partial charge is 0.0391 e. The van der Waals surface area contributed by atoms with Crippen LogP contribution < -0.4 is 0 Å². The Bertz CT molecular complexity index is 58.4. The van der Waals surface area contributed by atoms with Crippen LogP contribution >= 0.6 is 0 Å². The summed E-state index contributed by atoms with van der Waals surface area (Å²) in [5.41, 5.74) is 0. The summed E-state index contributed by atoms with van der Waals surface area (Å²) < 4.78 is 0. The first kappa shape index (κ1) is 13.6. The van der Waals surface area contributed by atoms with E-state index in [4.69, 9.17) is 0 Å². The fourth-order valence-corrected chi connectivity index (χ4v) is 1.62. The molecule has 0 atom stereocenters. The van der Waals surface area contributed by atoms with Gasteiger partial charge in [-0.3, -0.25) is 0 Å². The third-order valence-electron chi connectivity index (χ3n) is 2.34. The van der Waals surface area contributed by atoms with Crippen LogP contribution in [0.15, 0.2) is 0 Å². The number of hydrogen-bond donors (Lipinski definition) is 0. The molecule has 0 bridgehead atoms. The highest BCUT2D eigenvalue weighted by atomic mass is 14.2. The van der Waals surface area contributed by atoms with E-state index in [1.54, 1.807) is 0 Å². The van der Waals surface area contributed by atoms with Gasteiger partial charge in [-0.1, -0.05) is 60.8 Å². The molecule has 0 aromatic carbocycles. The van der Waals surface area contributed by atoms with Crippen LogP contribution in [0.25, 0.3) is 0 Å². The normalized spacial score (nSPS) is 17.2. The van der Waals surface area contributed by atoms with Crippen molar-refractivity contribution in [3.8, 4) is 0 Å². The van der Waals surface area contributed by atoms with E-state index in [0.717, 1.165) is 11.8 Å². The average Bonchev–Trinajstić information content (AvgIpc) is 2.42. The Balaban J connectivity index is 0. The van der Waals surface area contributed by atoms with Crippen molar-refractivity contribution in [1.82, 2.24) is 0 Å². The number of rotatable bonds is 1. The molecule has 0 saturated heterocycles. The summed E-state index contributed by atoms with van der Waals surface area (Å²) in [6.07, 6.45) is 5.97. The summed E-state index contributed by atoms with van der Waals surface area (Å²) in [5, 5.41) is 0. The Morgan fingerprint density at radius 3 is 1.55 bits per heavy atom. The predicted octanol–water partition coefficient (Wildman–Crippen LogP) is 4.49. The van der Waals surface area contributed by atoms with Crippen LogP contribution in [0, 0.1) is 11.8 Å². The van der Waals surface area contributed by atoms with Gasteiger partial charge in [0.1, 0.15) is 0 Å². The zero-order chi connectivity index (χ0) is 7.98. The zero-order valence-corrected chi connectivity index (χ0v) is 7.98. The average molecular weight is 158 g/mol. The maximum absolute atomic E-state index is 2.34. The van der Waals surface area contributed by atoms with Crippen LogP contribution in [-0.4, -0.2) is 0 Å². The van der Waals surface area contributed by atoms with Crippen molar-refractivity contribution >= 4 is 0 Å². The monoisotopic (exact) mass is 158 g/mol. The molecule has 1 fully saturated rings. The summed E-state index contributed by atoms with van der Waals surface area (Å²) in [6.45, 7) is 8.69. The molecule has 0 spiro atoms. The van der Waals surface area contributed by atoms with Crippen LogP contribution in [0.5, 0.6) is 0 Å². The van der Waals surface area contributed by atoms with Crippen LogP contribution in [0.3, 0.4) is 0 Å². The third-order valence-corrected chi connectivity index (χ3v) is 2.34. The van der Waals surface area contributed by atoms with Gasteiger partial charge in [-0.2, -0.15) is 0 Å². The minimum absolute atomic E-state index is 0. The van der Waals surface area contributed by atoms with Gasteiger partial charge < -0.3 is 0 Å². The molecule has 1 aliphatic carbocycles. The molecule has 0 heteroatoms. The third kappa shape index (κ3) is 5.29. The van der Waals surface area contributed by atoms with Crippen LogP contribution in [0.4, 0.5) is 0 Å². The molecule has 0 radical (unpaired) electrons. The Kier molecular flexibility index (Phi) is 10.0. The molecule has 0 aromatic heterocycles. The Morgan fingerprint density at radius 1 is 1.00 bits per heavy atom. The summed E-state index contributed by atoms with van der Waals surface area (Å²) in [4.78, 5) is 0. The summed E-state index contributed by atoms with van der Waals surface area (Å²) in [7, 11) is 0. The molecule has 0 heterocycles. The van der Waals surface area contributed by atoms with Crippen LogP contribution in [0.1, 0.15) is 60.8 Å². The molecule has 1 rings (SSSR count). The van der Waals surface area contributed by atoms with Gasteiger partial charge in [-0.15, -0.1) is 0 Å². The zero-order valence-electron chi connectivity index (χ0n) is 7.98. The highest BCUT2D eigenvalue weighted by molar-refractivity contribution is 4.69. The van der Waals surface area contributed by atoms with Gasteiger partial charge in [0.15, 0.2) is 0 Å². The fraction of sp³-hybridized carbons (Fsp3) is 1.00. The van der Waals surface area contributed by atoms with Gasteiger partial charge >= 0.3 is 0 Å². The van der Waals surface area contributed by atoms with Crippen molar-refractivity contribution < 1.29 is 0 Å². The van der Waals surface area contributed by atoms with Gasteiger partial charge in [0.25, 0.3) is 0 Å². The maximum atomic E-state index is 2.34. The minimum Gasteiger partial charge on any atom is -0.0776 e. The lowest BCUT2D eigenvalue weighted by Crippen LogP contribution is -2.01. The molecule has 0 nitrogen and oxygen atoms in total. The first-order valence-corrected chi connectivity index (χ1v) is 4.80. The first-order valence-electron chi connectivity index (χ1n) is 4.80. The Morgan fingerprint density at radius 2 is 1.36 bits per heavy atom. The van der Waals surface area contributed by atoms with E-state index >= 15 is 0 Å². The molecule has 1 saturated carbocycles. The second-order valence-electron chi connectivity index (χ2n) is 3.29. The van der Waals surface area contributed by atoms with E-state index in [9.17, 15) is 0 Å². The van der Waals surface area contributed by atoms with Crippen molar-refractivity contribution in [3.05, 3.63) is 0 Å². The van der Waals surface area contributed by atoms with Crippen molar-refractivity contribution in [2.24, 2.45) is 11.8 Å². The molecule has 0 aromatic rings. The minimum atomic E-state index is 0. The van der Waals surface area contributed by atoms with Crippen molar-refractivity contribution in [3.63, 3.8) is 0 Å². The highest BCUT2D eigenvalue weighted by Gasteiger charge is 2.17. The standard InChI is InChI=1S/C8H16.C2H6.CH4/c1-7(2)8-5-3-4-6-8;1-2;/h7-8H,3-6H2,1-2H3;1-2H3;1H4. The summed E-state index contributed by atoms with van der Waals surface area (Å²) in [6, 6.07) is 0. The van der Waals surface area contributed by atoms with Gasteiger partial charge in [0.2, 0.25) is 0 Å². The molecule has 0 unspecified atom stereocenters. The Hall–Kier alpha value is 0. The maximum Gasteiger partial charge on any atom is -0.0391 e. The topological polar surface area (TPSA) is 0 Å². The van der Waals surface area contributed by atoms with Crippen molar-refractivity contribution in [2.75, 3.05) is 0 Å². The highest BCUT2D eigenvalue weighted by Crippen LogP contribution is 2.30. The molecular weight excluding hydrogens is 132 g/mol. The van der Waals surface area contributed by atoms with Crippen LogP contribution in [0.2, 0.25) is 0 Å². The second-order valence-corrected chi connectivity index (χ2v) is 3.29. The van der Waals surface area contributed by atoms with E-state index in [1.165, 1.54) is 25.7 Å². The van der Waals surface area contributed by atoms with Gasteiger partial charge in [0.05, 0.1) is 0 Å². The lowest BCUT2D eigenvalue weighted by atomic mass is 9.95. The van der Waals surface area contributed by atoms with Gasteiger partial charge in [0, 0.05) is 0 Å². The summed E-state index contributed by atoms with van der Waals surface area (Å²) >= 11 is 0. The second kappa shape index (κ2) is 8.10. The van der Waals surface area contributed by atoms with Gasteiger partial charge in [-0.25, -0.2) is 0 Å². The predicted molar refractivity (Wildman–Crippen MR) is 54.9 cm³/mol. The van der Waals surface area contributed by atoms with E-state index < -0.39 is 0 Å². The lowest BCUT2D eigenvalue weighted by Gasteiger charge is -2.11. The molecule has 11 heavy (non-hydrogen) atoms. The van der Waals surface area contributed by atoms with E-state index in [0.29, 0.717) is 0 Å². The largest absolute Gasteiger partial charge is 0.0776 e. The van der Waals surface area contributed by atoms with Crippen molar-refractivity contribution in [1.29, 1.82) is 0 Å². The SMILES string of the molecule is C.CC.CC(C)C1CCCC1. The summed E-state index contributed by atoms with van der Waals surface area (Å²) in [5.74, 6) is 2.01. The molecular formula is C11H26. The van der Waals surface area contributed by atoms with Crippen LogP contribution in [-0.2, 0) is 0 Å².